The summed E-state index contributed by atoms with van der Waals surface area (Å²) in [5.41, 5.74) is 2.50. The van der Waals surface area contributed by atoms with Crippen LogP contribution in [0.15, 0.2) is 59.6 Å². The monoisotopic (exact) mass is 470 g/mol. The maximum absolute atomic E-state index is 13.6. The number of aromatic nitrogens is 2. The number of carboxylic acids is 1. The first kappa shape index (κ1) is 21.4. The fraction of sp³-hybridized carbons (Fsp3) is 0.308. The number of guanidine groups is 1. The van der Waals surface area contributed by atoms with Crippen LogP contribution in [0.5, 0.6) is 0 Å². The standard InChI is InChI=1S/C26H26N6O3/c1-30-24(33)21-22(27-18-7-3-2-4-8-18)31(15-16-11-13-17(14-12-16)25(34)35)29-23(21)32-20-10-6-5-9-19(20)28-26(30)32/h2-4,7-8,11-14,19-20,27H,5-6,9-10,15H2,1H3,(H,34,35)/t19-,20+/m1/s1. The Morgan fingerprint density at radius 3 is 2.57 bits per heavy atom. The number of benzene rings is 2. The van der Waals surface area contributed by atoms with E-state index in [9.17, 15) is 14.7 Å². The number of hydrogen-bond donors (Lipinski definition) is 2. The zero-order chi connectivity index (χ0) is 24.1. The molecule has 1 aliphatic carbocycles. The third-order valence-electron chi connectivity index (χ3n) is 7.07. The minimum atomic E-state index is -0.964. The Balaban J connectivity index is 1.46. The summed E-state index contributed by atoms with van der Waals surface area (Å²) >= 11 is 0. The van der Waals surface area contributed by atoms with Crippen LogP contribution >= 0.6 is 0 Å². The first-order valence-electron chi connectivity index (χ1n) is 11.9. The molecule has 2 atom stereocenters. The van der Waals surface area contributed by atoms with E-state index < -0.39 is 5.97 Å². The molecule has 0 radical (unpaired) electrons. The number of amides is 1. The van der Waals surface area contributed by atoms with Crippen molar-refractivity contribution >= 4 is 35.2 Å². The Morgan fingerprint density at radius 1 is 1.09 bits per heavy atom. The summed E-state index contributed by atoms with van der Waals surface area (Å²) < 4.78 is 1.80. The predicted octanol–water partition coefficient (Wildman–Crippen LogP) is 3.95. The Bertz CT molecular complexity index is 1330. The smallest absolute Gasteiger partial charge is 0.335 e. The van der Waals surface area contributed by atoms with Crippen molar-refractivity contribution in [2.45, 2.75) is 44.3 Å². The molecule has 1 aromatic heterocycles. The highest BCUT2D eigenvalue weighted by Crippen LogP contribution is 2.42. The van der Waals surface area contributed by atoms with Crippen molar-refractivity contribution in [3.63, 3.8) is 0 Å². The molecule has 1 fully saturated rings. The van der Waals surface area contributed by atoms with Crippen LogP contribution in [0.3, 0.4) is 0 Å². The number of hydrogen-bond acceptors (Lipinski definition) is 6. The molecule has 2 aromatic carbocycles. The number of carboxylic acid groups (broad SMARTS) is 1. The van der Waals surface area contributed by atoms with E-state index in [0.717, 1.165) is 36.9 Å². The third-order valence-corrected chi connectivity index (χ3v) is 7.07. The van der Waals surface area contributed by atoms with Crippen LogP contribution in [0.2, 0.25) is 0 Å². The summed E-state index contributed by atoms with van der Waals surface area (Å²) in [4.78, 5) is 33.6. The molecule has 1 amide bonds. The molecule has 0 bridgehead atoms. The van der Waals surface area contributed by atoms with Gasteiger partial charge in [-0.15, -0.1) is 0 Å². The summed E-state index contributed by atoms with van der Waals surface area (Å²) in [5, 5.41) is 17.6. The van der Waals surface area contributed by atoms with E-state index in [1.165, 1.54) is 0 Å². The van der Waals surface area contributed by atoms with Gasteiger partial charge in [0.05, 0.1) is 24.2 Å². The summed E-state index contributed by atoms with van der Waals surface area (Å²) in [6.07, 6.45) is 4.33. The Kier molecular flexibility index (Phi) is 5.05. The number of anilines is 3. The molecule has 6 rings (SSSR count). The third kappa shape index (κ3) is 3.54. The van der Waals surface area contributed by atoms with Gasteiger partial charge >= 0.3 is 5.97 Å². The first-order valence-corrected chi connectivity index (χ1v) is 11.9. The van der Waals surface area contributed by atoms with Crippen LogP contribution in [0, 0.1) is 0 Å². The summed E-state index contributed by atoms with van der Waals surface area (Å²) in [6, 6.07) is 16.8. The Morgan fingerprint density at radius 2 is 1.83 bits per heavy atom. The van der Waals surface area contributed by atoms with E-state index in [-0.39, 0.29) is 23.6 Å². The van der Waals surface area contributed by atoms with Crippen LogP contribution in [0.1, 0.15) is 52.0 Å². The van der Waals surface area contributed by atoms with E-state index in [1.54, 1.807) is 40.9 Å². The van der Waals surface area contributed by atoms with Crippen LogP contribution in [-0.2, 0) is 6.54 Å². The zero-order valence-corrected chi connectivity index (χ0v) is 19.4. The second kappa shape index (κ2) is 8.26. The highest BCUT2D eigenvalue weighted by Gasteiger charge is 2.48. The van der Waals surface area contributed by atoms with Crippen LogP contribution in [-0.4, -0.2) is 56.8 Å². The van der Waals surface area contributed by atoms with Crippen LogP contribution < -0.4 is 10.2 Å². The van der Waals surface area contributed by atoms with Crippen molar-refractivity contribution in [3.05, 3.63) is 71.3 Å². The maximum Gasteiger partial charge on any atom is 0.335 e. The lowest BCUT2D eigenvalue weighted by Gasteiger charge is -2.36. The van der Waals surface area contributed by atoms with Gasteiger partial charge in [-0.2, -0.15) is 5.10 Å². The molecule has 3 aromatic rings. The summed E-state index contributed by atoms with van der Waals surface area (Å²) in [5.74, 6) is 0.834. The molecule has 3 aliphatic rings. The van der Waals surface area contributed by atoms with Crippen molar-refractivity contribution in [3.8, 4) is 0 Å². The molecular weight excluding hydrogens is 444 g/mol. The molecule has 3 heterocycles. The highest BCUT2D eigenvalue weighted by molar-refractivity contribution is 6.21. The van der Waals surface area contributed by atoms with Gasteiger partial charge in [-0.25, -0.2) is 14.5 Å². The second-order valence-corrected chi connectivity index (χ2v) is 9.28. The lowest BCUT2D eigenvalue weighted by atomic mass is 9.90. The minimum Gasteiger partial charge on any atom is -0.478 e. The zero-order valence-electron chi connectivity index (χ0n) is 19.4. The predicted molar refractivity (Wildman–Crippen MR) is 133 cm³/mol. The van der Waals surface area contributed by atoms with Gasteiger partial charge in [0.15, 0.2) is 5.82 Å². The minimum absolute atomic E-state index is 0.139. The molecular formula is C26H26N6O3. The van der Waals surface area contributed by atoms with Crippen molar-refractivity contribution in [2.24, 2.45) is 4.99 Å². The molecule has 2 N–H and O–H groups in total. The van der Waals surface area contributed by atoms with Crippen molar-refractivity contribution in [1.82, 2.24) is 14.7 Å². The lowest BCUT2D eigenvalue weighted by Crippen LogP contribution is -2.52. The number of aliphatic imine (C=N–C) groups is 1. The number of rotatable bonds is 5. The number of carbonyl (C=O) groups excluding carboxylic acids is 1. The van der Waals surface area contributed by atoms with Gasteiger partial charge in [-0.3, -0.25) is 14.6 Å². The van der Waals surface area contributed by atoms with Crippen LogP contribution in [0.4, 0.5) is 17.3 Å². The molecule has 0 unspecified atom stereocenters. The summed E-state index contributed by atoms with van der Waals surface area (Å²) in [6.45, 7) is 0.382. The molecule has 9 nitrogen and oxygen atoms in total. The maximum atomic E-state index is 13.6. The van der Waals surface area contributed by atoms with Gasteiger partial charge in [0.1, 0.15) is 11.4 Å². The van der Waals surface area contributed by atoms with Gasteiger partial charge in [0.2, 0.25) is 5.96 Å². The van der Waals surface area contributed by atoms with E-state index in [2.05, 4.69) is 10.2 Å². The number of aromatic carboxylic acids is 1. The molecule has 178 valence electrons. The highest BCUT2D eigenvalue weighted by atomic mass is 16.4. The Hall–Kier alpha value is -4.14. The number of fused-ring (bicyclic) bond motifs is 5. The average Bonchev–Trinajstić information content (AvgIpc) is 3.42. The second-order valence-electron chi connectivity index (χ2n) is 9.28. The first-order chi connectivity index (χ1) is 17.0. The lowest BCUT2D eigenvalue weighted by molar-refractivity contribution is 0.0696. The normalized spacial score (nSPS) is 20.7. The van der Waals surface area contributed by atoms with Crippen molar-refractivity contribution in [2.75, 3.05) is 17.3 Å². The van der Waals surface area contributed by atoms with Gasteiger partial charge in [-0.1, -0.05) is 43.2 Å². The number of nitrogens with zero attached hydrogens (tertiary/aromatic N) is 5. The largest absolute Gasteiger partial charge is 0.478 e. The van der Waals surface area contributed by atoms with Crippen molar-refractivity contribution < 1.29 is 14.7 Å². The fourth-order valence-corrected chi connectivity index (χ4v) is 5.30. The molecule has 2 aliphatic heterocycles. The van der Waals surface area contributed by atoms with Gasteiger partial charge < -0.3 is 10.4 Å². The quantitative estimate of drug-likeness (QED) is 0.585. The van der Waals surface area contributed by atoms with E-state index in [4.69, 9.17) is 10.1 Å². The van der Waals surface area contributed by atoms with Gasteiger partial charge in [0.25, 0.3) is 5.91 Å². The van der Waals surface area contributed by atoms with E-state index in [1.807, 2.05) is 30.3 Å². The molecule has 0 saturated heterocycles. The van der Waals surface area contributed by atoms with Crippen molar-refractivity contribution in [1.29, 1.82) is 0 Å². The van der Waals surface area contributed by atoms with Gasteiger partial charge in [0, 0.05) is 12.7 Å². The van der Waals surface area contributed by atoms with E-state index in [0.29, 0.717) is 29.7 Å². The topological polar surface area (TPSA) is 103 Å². The number of para-hydroxylation sites is 1. The molecule has 0 spiro atoms. The number of nitrogens with one attached hydrogen (secondary N) is 1. The number of carbonyl (C=O) groups is 2. The van der Waals surface area contributed by atoms with E-state index >= 15 is 0 Å². The molecule has 35 heavy (non-hydrogen) atoms. The SMILES string of the molecule is CN1C(=O)c2c(nn(Cc3ccc(C(=O)O)cc3)c2Nc2ccccc2)N2C1=N[C@@H]1CCCC[C@@H]12. The summed E-state index contributed by atoms with van der Waals surface area (Å²) in [7, 11) is 1.78. The Labute approximate surface area is 202 Å². The molecule has 9 heteroatoms. The molecule has 1 saturated carbocycles. The van der Waals surface area contributed by atoms with Gasteiger partial charge in [-0.05, 0) is 42.7 Å². The van der Waals surface area contributed by atoms with Crippen LogP contribution in [0.25, 0.3) is 0 Å². The average molecular weight is 471 g/mol. The fourth-order valence-electron chi connectivity index (χ4n) is 5.30.